The smallest absolute Gasteiger partial charge is 0.321 e. The van der Waals surface area contributed by atoms with E-state index in [9.17, 15) is 53.1 Å². The molecule has 0 bridgehead atoms. The highest BCUT2D eigenvalue weighted by molar-refractivity contribution is 5.96. The quantitative estimate of drug-likeness (QED) is 0.699. The van der Waals surface area contributed by atoms with Crippen molar-refractivity contribution in [2.45, 2.75) is 30.2 Å². The van der Waals surface area contributed by atoms with E-state index in [-0.39, 0.29) is 5.56 Å². The second kappa shape index (κ2) is 7.08. The number of ether oxygens (including phenoxy) is 1. The highest BCUT2D eigenvalue weighted by Crippen LogP contribution is 2.51. The molecule has 1 rings (SSSR count). The summed E-state index contributed by atoms with van der Waals surface area (Å²) in [5, 5.41) is 9.53. The first-order chi connectivity index (χ1) is 12.4. The number of halogens is 11. The number of rotatable bonds is 5. The molecule has 0 saturated heterocycles. The average molecular weight is 430 g/mol. The zero-order chi connectivity index (χ0) is 22.2. The third-order valence-corrected chi connectivity index (χ3v) is 2.92. The van der Waals surface area contributed by atoms with Crippen molar-refractivity contribution in [1.82, 2.24) is 0 Å². The van der Waals surface area contributed by atoms with Crippen molar-refractivity contribution in [1.29, 1.82) is 5.26 Å². The minimum Gasteiger partial charge on any atom is -0.321 e. The Kier molecular flexibility index (Phi) is 5.92. The molecule has 1 atom stereocenters. The van der Waals surface area contributed by atoms with E-state index < -0.39 is 41.8 Å². The normalized spacial score (nSPS) is 15.5. The van der Waals surface area contributed by atoms with E-state index in [1.807, 2.05) is 0 Å². The summed E-state index contributed by atoms with van der Waals surface area (Å²) in [6, 6.07) is 4.67. The molecule has 0 spiro atoms. The van der Waals surface area contributed by atoms with Crippen LogP contribution in [0.4, 0.5) is 54.0 Å². The van der Waals surface area contributed by atoms with Crippen molar-refractivity contribution in [3.8, 4) is 6.07 Å². The molecule has 1 N–H and O–H groups in total. The summed E-state index contributed by atoms with van der Waals surface area (Å²) in [6.07, 6.45) is -21.0. The van der Waals surface area contributed by atoms with Crippen LogP contribution in [-0.4, -0.2) is 36.1 Å². The second-order valence-corrected chi connectivity index (χ2v) is 4.93. The highest BCUT2D eigenvalue weighted by atomic mass is 19.4. The zero-order valence-electron chi connectivity index (χ0n) is 12.7. The van der Waals surface area contributed by atoms with E-state index in [0.717, 1.165) is 17.4 Å². The Bertz CT molecular complexity index is 765. The standard InChI is InChI=1S/C13H5F11N2O2/c14-9(11(17,18)19,28-13(23,24)10(15,16)12(20,21)22)8(27)26-7-3-1-6(5-25)2-4-7/h1-4H,(H,26,27)/t9-/m1/s1. The van der Waals surface area contributed by atoms with E-state index in [0.29, 0.717) is 12.1 Å². The molecular formula is C13H5F11N2O2. The molecule has 1 aromatic carbocycles. The van der Waals surface area contributed by atoms with Crippen LogP contribution in [0.5, 0.6) is 0 Å². The van der Waals surface area contributed by atoms with E-state index in [1.165, 1.54) is 0 Å². The number of nitrogens with zero attached hydrogens (tertiary/aromatic N) is 1. The third-order valence-electron chi connectivity index (χ3n) is 2.92. The Hall–Kier alpha value is -2.63. The summed E-state index contributed by atoms with van der Waals surface area (Å²) in [4.78, 5) is 11.4. The van der Waals surface area contributed by atoms with Crippen molar-refractivity contribution < 1.29 is 57.8 Å². The molecule has 0 radical (unpaired) electrons. The summed E-state index contributed by atoms with van der Waals surface area (Å²) in [6.45, 7) is 0. The van der Waals surface area contributed by atoms with Gasteiger partial charge in [0.15, 0.2) is 0 Å². The molecule has 1 amide bonds. The Morgan fingerprint density at radius 1 is 0.857 bits per heavy atom. The fraction of sp³-hybridized carbons (Fsp3) is 0.385. The lowest BCUT2D eigenvalue weighted by Crippen LogP contribution is -2.62. The molecule has 0 heterocycles. The Morgan fingerprint density at radius 2 is 1.32 bits per heavy atom. The minimum absolute atomic E-state index is 0.104. The van der Waals surface area contributed by atoms with Gasteiger partial charge in [-0.15, -0.1) is 0 Å². The lowest BCUT2D eigenvalue weighted by atomic mass is 10.2. The van der Waals surface area contributed by atoms with Gasteiger partial charge in [-0.05, 0) is 24.3 Å². The largest absolute Gasteiger partial charge is 0.462 e. The first-order valence-electron chi connectivity index (χ1n) is 6.49. The molecular weight excluding hydrogens is 425 g/mol. The van der Waals surface area contributed by atoms with Crippen molar-refractivity contribution in [2.24, 2.45) is 0 Å². The van der Waals surface area contributed by atoms with Gasteiger partial charge >= 0.3 is 30.2 Å². The van der Waals surface area contributed by atoms with E-state index in [2.05, 4.69) is 4.74 Å². The van der Waals surface area contributed by atoms with Gasteiger partial charge < -0.3 is 5.32 Å². The van der Waals surface area contributed by atoms with Gasteiger partial charge in [-0.25, -0.2) is 0 Å². The first kappa shape index (κ1) is 23.4. The number of anilines is 1. The number of hydrogen-bond acceptors (Lipinski definition) is 3. The fourth-order valence-corrected chi connectivity index (χ4v) is 1.48. The number of carbonyl (C=O) groups excluding carboxylic acids is 1. The van der Waals surface area contributed by atoms with Crippen LogP contribution >= 0.6 is 0 Å². The van der Waals surface area contributed by atoms with Gasteiger partial charge in [0, 0.05) is 5.69 Å². The molecule has 0 fully saturated rings. The van der Waals surface area contributed by atoms with Crippen LogP contribution in [0.25, 0.3) is 0 Å². The SMILES string of the molecule is N#Cc1ccc(NC(=O)[C@@](F)(OC(F)(F)C(F)(F)C(F)(F)F)C(F)(F)F)cc1. The van der Waals surface area contributed by atoms with E-state index in [1.54, 1.807) is 6.07 Å². The van der Waals surface area contributed by atoms with Crippen LogP contribution in [0, 0.1) is 11.3 Å². The molecule has 156 valence electrons. The number of carbonyl (C=O) groups is 1. The predicted octanol–water partition coefficient (Wildman–Crippen LogP) is 4.53. The van der Waals surface area contributed by atoms with Gasteiger partial charge in [0.25, 0.3) is 5.91 Å². The minimum atomic E-state index is -7.27. The number of hydrogen-bond donors (Lipinski definition) is 1. The van der Waals surface area contributed by atoms with Crippen LogP contribution in [0.2, 0.25) is 0 Å². The molecule has 1 aromatic rings. The number of alkyl halides is 11. The Balaban J connectivity index is 3.28. The number of amides is 1. The lowest BCUT2D eigenvalue weighted by molar-refractivity contribution is -0.472. The maximum absolute atomic E-state index is 13.9. The monoisotopic (exact) mass is 430 g/mol. The van der Waals surface area contributed by atoms with Gasteiger partial charge in [0.1, 0.15) is 0 Å². The summed E-state index contributed by atoms with van der Waals surface area (Å²) in [7, 11) is 0. The van der Waals surface area contributed by atoms with Gasteiger partial charge in [0.05, 0.1) is 11.6 Å². The first-order valence-corrected chi connectivity index (χ1v) is 6.49. The van der Waals surface area contributed by atoms with Crippen LogP contribution in [-0.2, 0) is 9.53 Å². The molecule has 0 saturated carbocycles. The van der Waals surface area contributed by atoms with Crippen LogP contribution in [0.15, 0.2) is 24.3 Å². The van der Waals surface area contributed by atoms with Crippen LogP contribution < -0.4 is 5.32 Å². The predicted molar refractivity (Wildman–Crippen MR) is 66.7 cm³/mol. The van der Waals surface area contributed by atoms with Crippen molar-refractivity contribution >= 4 is 11.6 Å². The molecule has 0 unspecified atom stereocenters. The van der Waals surface area contributed by atoms with Crippen LogP contribution in [0.1, 0.15) is 5.56 Å². The molecule has 0 aliphatic carbocycles. The van der Waals surface area contributed by atoms with Crippen molar-refractivity contribution in [2.75, 3.05) is 5.32 Å². The summed E-state index contributed by atoms with van der Waals surface area (Å²) in [5.41, 5.74) is -0.849. The number of nitriles is 1. The average Bonchev–Trinajstić information content (AvgIpc) is 2.52. The number of nitrogens with one attached hydrogen (secondary N) is 1. The zero-order valence-corrected chi connectivity index (χ0v) is 12.7. The molecule has 0 aliphatic heterocycles. The molecule has 15 heteroatoms. The lowest BCUT2D eigenvalue weighted by Gasteiger charge is -2.34. The van der Waals surface area contributed by atoms with Gasteiger partial charge in [-0.1, -0.05) is 0 Å². The maximum Gasteiger partial charge on any atom is 0.462 e. The van der Waals surface area contributed by atoms with Crippen LogP contribution in [0.3, 0.4) is 0 Å². The van der Waals surface area contributed by atoms with E-state index >= 15 is 0 Å². The molecule has 0 aliphatic rings. The summed E-state index contributed by atoms with van der Waals surface area (Å²) < 4.78 is 142. The van der Waals surface area contributed by atoms with Gasteiger partial charge in [-0.3, -0.25) is 9.53 Å². The molecule has 4 nitrogen and oxygen atoms in total. The number of benzene rings is 1. The van der Waals surface area contributed by atoms with Gasteiger partial charge in [-0.2, -0.15) is 53.6 Å². The molecule has 0 aromatic heterocycles. The summed E-state index contributed by atoms with van der Waals surface area (Å²) in [5.74, 6) is -16.7. The fourth-order valence-electron chi connectivity index (χ4n) is 1.48. The van der Waals surface area contributed by atoms with Gasteiger partial charge in [0.2, 0.25) is 0 Å². The van der Waals surface area contributed by atoms with E-state index in [4.69, 9.17) is 5.26 Å². The maximum atomic E-state index is 13.9. The van der Waals surface area contributed by atoms with Crippen molar-refractivity contribution in [3.63, 3.8) is 0 Å². The summed E-state index contributed by atoms with van der Waals surface area (Å²) >= 11 is 0. The second-order valence-electron chi connectivity index (χ2n) is 4.93. The third kappa shape index (κ3) is 4.26. The Labute approximate surface area is 147 Å². The van der Waals surface area contributed by atoms with Crippen molar-refractivity contribution in [3.05, 3.63) is 29.8 Å². The topological polar surface area (TPSA) is 62.1 Å². The Morgan fingerprint density at radius 3 is 1.68 bits per heavy atom. The molecule has 28 heavy (non-hydrogen) atoms. The highest BCUT2D eigenvalue weighted by Gasteiger charge is 2.79.